The van der Waals surface area contributed by atoms with Crippen LogP contribution in [0.4, 0.5) is 0 Å². The van der Waals surface area contributed by atoms with E-state index >= 15 is 0 Å². The first-order chi connectivity index (χ1) is 13.3. The molecule has 3 heteroatoms. The maximum atomic E-state index is 9.80. The second kappa shape index (κ2) is 6.10. The molecule has 1 N–H and O–H groups in total. The van der Waals surface area contributed by atoms with Crippen molar-refractivity contribution in [2.75, 3.05) is 0 Å². The van der Waals surface area contributed by atoms with Crippen LogP contribution < -0.4 is 0 Å². The Hall–Kier alpha value is -3.38. The third-order valence-corrected chi connectivity index (χ3v) is 5.69. The summed E-state index contributed by atoms with van der Waals surface area (Å²) in [6.45, 7) is 0. The Labute approximate surface area is 158 Å². The van der Waals surface area contributed by atoms with Crippen molar-refractivity contribution in [1.29, 1.82) is 10.7 Å². The van der Waals surface area contributed by atoms with Gasteiger partial charge in [-0.3, -0.25) is 5.41 Å². The Bertz CT molecular complexity index is 1150. The summed E-state index contributed by atoms with van der Waals surface area (Å²) in [5.74, 6) is 0.108. The van der Waals surface area contributed by atoms with Gasteiger partial charge in [-0.25, -0.2) is 0 Å². The third kappa shape index (κ3) is 2.45. The Balaban J connectivity index is 1.72. The van der Waals surface area contributed by atoms with E-state index < -0.39 is 5.92 Å². The summed E-state index contributed by atoms with van der Waals surface area (Å²) in [5.41, 5.74) is 4.54. The molecule has 2 unspecified atom stereocenters. The quantitative estimate of drug-likeness (QED) is 0.636. The van der Waals surface area contributed by atoms with Gasteiger partial charge >= 0.3 is 0 Å². The number of ether oxygens (including phenoxy) is 1. The fraction of sp³-hybridized carbons (Fsp3) is 0.167. The van der Waals surface area contributed by atoms with Crippen LogP contribution in [0.25, 0.3) is 16.5 Å². The van der Waals surface area contributed by atoms with Crippen LogP contribution in [0.2, 0.25) is 0 Å². The Morgan fingerprint density at radius 3 is 2.56 bits per heavy atom. The molecule has 3 nitrogen and oxygen atoms in total. The van der Waals surface area contributed by atoms with E-state index in [-0.39, 0.29) is 11.8 Å². The summed E-state index contributed by atoms with van der Waals surface area (Å²) in [6.07, 6.45) is 1.79. The predicted molar refractivity (Wildman–Crippen MR) is 106 cm³/mol. The molecule has 0 saturated carbocycles. The van der Waals surface area contributed by atoms with Crippen molar-refractivity contribution in [3.8, 4) is 6.07 Å². The molecule has 2 aliphatic rings. The molecule has 1 aliphatic carbocycles. The first kappa shape index (κ1) is 15.8. The summed E-state index contributed by atoms with van der Waals surface area (Å²) in [4.78, 5) is 0. The van der Waals surface area contributed by atoms with Crippen LogP contribution in [0.15, 0.2) is 72.3 Å². The van der Waals surface area contributed by atoms with Crippen molar-refractivity contribution < 1.29 is 4.74 Å². The van der Waals surface area contributed by atoms with Gasteiger partial charge in [0.25, 0.3) is 0 Å². The van der Waals surface area contributed by atoms with Crippen LogP contribution in [-0.2, 0) is 11.2 Å². The topological polar surface area (TPSA) is 56.9 Å². The number of aryl methyl sites for hydroxylation is 1. The monoisotopic (exact) mass is 350 g/mol. The van der Waals surface area contributed by atoms with Crippen molar-refractivity contribution in [2.24, 2.45) is 5.92 Å². The SMILES string of the molecule is N#CC1C(=N)OC2=C(CCc3ccccc32)C1c1ccc2ccccc2c1. The van der Waals surface area contributed by atoms with Crippen LogP contribution in [-0.4, -0.2) is 5.90 Å². The maximum Gasteiger partial charge on any atom is 0.205 e. The van der Waals surface area contributed by atoms with Gasteiger partial charge in [-0.2, -0.15) is 5.26 Å². The van der Waals surface area contributed by atoms with E-state index in [1.165, 1.54) is 10.9 Å². The Kier molecular flexibility index (Phi) is 3.58. The van der Waals surface area contributed by atoms with Gasteiger partial charge in [0.05, 0.1) is 6.07 Å². The van der Waals surface area contributed by atoms with E-state index in [0.29, 0.717) is 0 Å². The summed E-state index contributed by atoms with van der Waals surface area (Å²) >= 11 is 0. The Morgan fingerprint density at radius 1 is 0.926 bits per heavy atom. The number of allylic oxidation sites excluding steroid dienone is 1. The molecule has 5 rings (SSSR count). The lowest BCUT2D eigenvalue weighted by Crippen LogP contribution is -2.31. The average molecular weight is 350 g/mol. The highest BCUT2D eigenvalue weighted by molar-refractivity contribution is 5.91. The number of nitrogens with one attached hydrogen (secondary N) is 1. The fourth-order valence-electron chi connectivity index (χ4n) is 4.39. The second-order valence-corrected chi connectivity index (χ2v) is 7.17. The van der Waals surface area contributed by atoms with Gasteiger partial charge in [0.1, 0.15) is 11.7 Å². The first-order valence-corrected chi connectivity index (χ1v) is 9.22. The zero-order valence-electron chi connectivity index (χ0n) is 14.8. The van der Waals surface area contributed by atoms with E-state index in [9.17, 15) is 5.26 Å². The predicted octanol–water partition coefficient (Wildman–Crippen LogP) is 5.43. The molecule has 27 heavy (non-hydrogen) atoms. The number of nitrogens with zero attached hydrogens (tertiary/aromatic N) is 1. The van der Waals surface area contributed by atoms with Crippen LogP contribution in [0, 0.1) is 22.7 Å². The highest BCUT2D eigenvalue weighted by atomic mass is 16.5. The molecular formula is C24H18N2O. The van der Waals surface area contributed by atoms with E-state index in [0.717, 1.165) is 40.7 Å². The molecule has 130 valence electrons. The third-order valence-electron chi connectivity index (χ3n) is 5.69. The fourth-order valence-corrected chi connectivity index (χ4v) is 4.39. The first-order valence-electron chi connectivity index (χ1n) is 9.22. The molecule has 0 spiro atoms. The zero-order valence-corrected chi connectivity index (χ0v) is 14.8. The van der Waals surface area contributed by atoms with E-state index in [2.05, 4.69) is 48.5 Å². The van der Waals surface area contributed by atoms with Crippen LogP contribution in [0.5, 0.6) is 0 Å². The smallest absolute Gasteiger partial charge is 0.205 e. The van der Waals surface area contributed by atoms with Crippen molar-refractivity contribution >= 4 is 22.4 Å². The van der Waals surface area contributed by atoms with Crippen molar-refractivity contribution in [2.45, 2.75) is 18.8 Å². The van der Waals surface area contributed by atoms with Crippen LogP contribution in [0.3, 0.4) is 0 Å². The van der Waals surface area contributed by atoms with Crippen molar-refractivity contribution in [3.05, 3.63) is 89.0 Å². The van der Waals surface area contributed by atoms with Gasteiger partial charge in [-0.1, -0.05) is 66.7 Å². The molecule has 1 heterocycles. The summed E-state index contributed by atoms with van der Waals surface area (Å²) in [7, 11) is 0. The average Bonchev–Trinajstić information content (AvgIpc) is 2.72. The van der Waals surface area contributed by atoms with Crippen molar-refractivity contribution in [1.82, 2.24) is 0 Å². The van der Waals surface area contributed by atoms with E-state index in [1.54, 1.807) is 0 Å². The lowest BCUT2D eigenvalue weighted by atomic mass is 9.73. The van der Waals surface area contributed by atoms with Gasteiger partial charge in [-0.05, 0) is 40.3 Å². The van der Waals surface area contributed by atoms with Crippen LogP contribution >= 0.6 is 0 Å². The minimum absolute atomic E-state index is 0.0473. The van der Waals surface area contributed by atoms with Gasteiger partial charge in [0.15, 0.2) is 0 Å². The number of hydrogen-bond donors (Lipinski definition) is 1. The molecule has 0 amide bonds. The molecule has 2 atom stereocenters. The van der Waals surface area contributed by atoms with Crippen LogP contribution in [0.1, 0.15) is 29.0 Å². The van der Waals surface area contributed by atoms with E-state index in [1.807, 2.05) is 24.3 Å². The molecule has 0 aromatic heterocycles. The minimum Gasteiger partial charge on any atom is -0.442 e. The van der Waals surface area contributed by atoms with Gasteiger partial charge in [0, 0.05) is 11.5 Å². The van der Waals surface area contributed by atoms with Gasteiger partial charge in [-0.15, -0.1) is 0 Å². The summed E-state index contributed by atoms with van der Waals surface area (Å²) in [5, 5.41) is 20.5. The largest absolute Gasteiger partial charge is 0.442 e. The number of nitriles is 1. The molecular weight excluding hydrogens is 332 g/mol. The summed E-state index contributed by atoms with van der Waals surface area (Å²) < 4.78 is 5.90. The molecule has 3 aromatic carbocycles. The maximum absolute atomic E-state index is 9.80. The number of rotatable bonds is 1. The standard InChI is InChI=1S/C24H18N2O/c25-14-21-22(18-10-9-15-5-1-2-7-17(15)13-18)20-12-11-16-6-3-4-8-19(16)23(20)27-24(21)26/h1-10,13,21-22,26H,11-12H2. The number of fused-ring (bicyclic) bond motifs is 3. The molecule has 1 aliphatic heterocycles. The second-order valence-electron chi connectivity index (χ2n) is 7.17. The molecule has 0 saturated heterocycles. The molecule has 0 bridgehead atoms. The zero-order chi connectivity index (χ0) is 18.4. The van der Waals surface area contributed by atoms with Gasteiger partial charge in [0.2, 0.25) is 5.90 Å². The summed E-state index contributed by atoms with van der Waals surface area (Å²) in [6, 6.07) is 25.2. The molecule has 0 radical (unpaired) electrons. The van der Waals surface area contributed by atoms with E-state index in [4.69, 9.17) is 10.1 Å². The lowest BCUT2D eigenvalue weighted by molar-refractivity contribution is 0.410. The number of hydrogen-bond acceptors (Lipinski definition) is 3. The molecule has 3 aromatic rings. The normalized spacial score (nSPS) is 21.2. The lowest BCUT2D eigenvalue weighted by Gasteiger charge is -2.36. The number of benzene rings is 3. The van der Waals surface area contributed by atoms with Gasteiger partial charge < -0.3 is 4.74 Å². The highest BCUT2D eigenvalue weighted by Crippen LogP contribution is 2.47. The van der Waals surface area contributed by atoms with Crippen molar-refractivity contribution in [3.63, 3.8) is 0 Å². The highest BCUT2D eigenvalue weighted by Gasteiger charge is 2.40. The minimum atomic E-state index is -0.588. The Morgan fingerprint density at radius 2 is 1.70 bits per heavy atom. The molecule has 0 fully saturated rings.